The van der Waals surface area contributed by atoms with Crippen molar-refractivity contribution in [2.75, 3.05) is 0 Å². The Kier molecular flexibility index (Phi) is 5.09. The molecule has 2 aromatic carbocycles. The van der Waals surface area contributed by atoms with Crippen molar-refractivity contribution in [2.24, 2.45) is 10.2 Å². The van der Waals surface area contributed by atoms with E-state index < -0.39 is 0 Å². The zero-order valence-corrected chi connectivity index (χ0v) is 17.6. The molecule has 2 aromatic heterocycles. The summed E-state index contributed by atoms with van der Waals surface area (Å²) < 4.78 is 4.56. The van der Waals surface area contributed by atoms with Crippen LogP contribution in [0.25, 0.3) is 22.2 Å². The topological polar surface area (TPSA) is 33.5 Å². The molecule has 0 radical (unpaired) electrons. The Morgan fingerprint density at radius 3 is 2.36 bits per heavy atom. The molecule has 28 heavy (non-hydrogen) atoms. The van der Waals surface area contributed by atoms with Gasteiger partial charge in [-0.25, -0.2) is 4.57 Å². The Balaban J connectivity index is 1.95. The number of nitrogens with zero attached hydrogens (tertiary/aromatic N) is 4. The summed E-state index contributed by atoms with van der Waals surface area (Å²) in [5.41, 5.74) is 5.69. The molecular weight excluding hydrogens is 364 g/mol. The summed E-state index contributed by atoms with van der Waals surface area (Å²) in [4.78, 5) is 1.29. The fourth-order valence-corrected chi connectivity index (χ4v) is 4.73. The molecule has 0 bridgehead atoms. The minimum atomic E-state index is 0.881. The van der Waals surface area contributed by atoms with E-state index >= 15 is 0 Å². The van der Waals surface area contributed by atoms with E-state index in [2.05, 4.69) is 85.4 Å². The largest absolute Gasteiger partial charge is 0.408 e. The normalized spacial score (nSPS) is 11.7. The molecule has 4 aromatic rings. The van der Waals surface area contributed by atoms with Gasteiger partial charge in [0.1, 0.15) is 11.4 Å². The van der Waals surface area contributed by atoms with Gasteiger partial charge in [-0.05, 0) is 50.2 Å². The first-order chi connectivity index (χ1) is 13.7. The zero-order valence-electron chi connectivity index (χ0n) is 16.8. The van der Waals surface area contributed by atoms with Gasteiger partial charge in [-0.15, -0.1) is 0 Å². The highest BCUT2D eigenvalue weighted by atomic mass is 32.1. The van der Waals surface area contributed by atoms with Gasteiger partial charge in [-0.2, -0.15) is 0 Å². The van der Waals surface area contributed by atoms with Crippen molar-refractivity contribution < 1.29 is 4.57 Å². The third kappa shape index (κ3) is 3.06. The number of hydrogen-bond donors (Lipinski definition) is 0. The van der Waals surface area contributed by atoms with Crippen molar-refractivity contribution in [3.63, 3.8) is 0 Å². The molecule has 0 aliphatic heterocycles. The Hall–Kier alpha value is -2.79. The van der Waals surface area contributed by atoms with Gasteiger partial charge >= 0.3 is 5.13 Å². The van der Waals surface area contributed by atoms with E-state index in [1.165, 1.54) is 16.1 Å². The maximum Gasteiger partial charge on any atom is 0.408 e. The Labute approximate surface area is 169 Å². The number of aryl methyl sites for hydroxylation is 2. The number of fused-ring (bicyclic) bond motifs is 1. The zero-order chi connectivity index (χ0) is 19.7. The monoisotopic (exact) mass is 389 g/mol. The fraction of sp³-hybridized carbons (Fsp3) is 0.261. The lowest BCUT2D eigenvalue weighted by Crippen LogP contribution is -2.33. The molecule has 0 saturated carbocycles. The summed E-state index contributed by atoms with van der Waals surface area (Å²) in [6.45, 7) is 10.4. The summed E-state index contributed by atoms with van der Waals surface area (Å²) in [7, 11) is 0. The quantitative estimate of drug-likeness (QED) is 0.268. The van der Waals surface area contributed by atoms with Gasteiger partial charge < -0.3 is 4.57 Å². The molecule has 0 aliphatic carbocycles. The van der Waals surface area contributed by atoms with Crippen LogP contribution >= 0.6 is 11.3 Å². The molecular formula is C23H25N4S+. The second-order valence-corrected chi connectivity index (χ2v) is 7.98. The lowest BCUT2D eigenvalue weighted by atomic mass is 10.1. The number of hydrogen-bond acceptors (Lipinski definition) is 3. The number of rotatable bonds is 5. The van der Waals surface area contributed by atoms with E-state index in [1.807, 2.05) is 6.07 Å². The summed E-state index contributed by atoms with van der Waals surface area (Å²) in [6, 6.07) is 18.9. The molecule has 0 N–H and O–H groups in total. The van der Waals surface area contributed by atoms with Gasteiger partial charge in [0.25, 0.3) is 0 Å². The van der Waals surface area contributed by atoms with Gasteiger partial charge in [0.15, 0.2) is 0 Å². The van der Waals surface area contributed by atoms with Gasteiger partial charge in [0, 0.05) is 17.5 Å². The second-order valence-electron chi connectivity index (χ2n) is 6.80. The number of azo groups is 1. The van der Waals surface area contributed by atoms with E-state index in [0.29, 0.717) is 0 Å². The van der Waals surface area contributed by atoms with Crippen molar-refractivity contribution in [3.05, 3.63) is 65.2 Å². The molecule has 0 amide bonds. The van der Waals surface area contributed by atoms with Crippen molar-refractivity contribution in [2.45, 2.75) is 40.8 Å². The highest BCUT2D eigenvalue weighted by Crippen LogP contribution is 2.41. The lowest BCUT2D eigenvalue weighted by Gasteiger charge is -2.08. The molecule has 5 heteroatoms. The third-order valence-electron chi connectivity index (χ3n) is 5.25. The number of benzene rings is 2. The SMILES string of the molecule is CCn1c(-c2ccccc2)c(N=Nc2sc(C)c(C)[n+]2CC)c2ccccc21. The lowest BCUT2D eigenvalue weighted by molar-refractivity contribution is -0.682. The molecule has 142 valence electrons. The number of thiazole rings is 1. The van der Waals surface area contributed by atoms with Crippen molar-refractivity contribution in [1.82, 2.24) is 4.57 Å². The molecule has 0 spiro atoms. The Morgan fingerprint density at radius 2 is 1.64 bits per heavy atom. The maximum atomic E-state index is 4.81. The van der Waals surface area contributed by atoms with Crippen molar-refractivity contribution in [3.8, 4) is 11.3 Å². The van der Waals surface area contributed by atoms with Crippen LogP contribution in [0, 0.1) is 13.8 Å². The highest BCUT2D eigenvalue weighted by Gasteiger charge is 2.22. The predicted octanol–water partition coefficient (Wildman–Crippen LogP) is 6.73. The van der Waals surface area contributed by atoms with Crippen LogP contribution in [0.4, 0.5) is 10.8 Å². The molecule has 4 rings (SSSR count). The van der Waals surface area contributed by atoms with E-state index in [0.717, 1.165) is 40.6 Å². The van der Waals surface area contributed by atoms with Crippen LogP contribution in [-0.4, -0.2) is 4.57 Å². The molecule has 4 nitrogen and oxygen atoms in total. The van der Waals surface area contributed by atoms with E-state index in [-0.39, 0.29) is 0 Å². The van der Waals surface area contributed by atoms with Crippen LogP contribution in [0.2, 0.25) is 0 Å². The fourth-order valence-electron chi connectivity index (χ4n) is 3.74. The highest BCUT2D eigenvalue weighted by molar-refractivity contribution is 7.14. The first-order valence-electron chi connectivity index (χ1n) is 9.73. The number of para-hydroxylation sites is 1. The number of aromatic nitrogens is 2. The third-order valence-corrected chi connectivity index (χ3v) is 6.34. The van der Waals surface area contributed by atoms with E-state index in [9.17, 15) is 0 Å². The average molecular weight is 390 g/mol. The molecule has 2 heterocycles. The Bertz CT molecular complexity index is 1150. The van der Waals surface area contributed by atoms with Gasteiger partial charge in [0.2, 0.25) is 0 Å². The van der Waals surface area contributed by atoms with Crippen LogP contribution in [-0.2, 0) is 13.1 Å². The summed E-state index contributed by atoms with van der Waals surface area (Å²) >= 11 is 1.70. The molecule has 0 unspecified atom stereocenters. The summed E-state index contributed by atoms with van der Waals surface area (Å²) in [5, 5.41) is 11.6. The van der Waals surface area contributed by atoms with Crippen LogP contribution in [0.1, 0.15) is 24.4 Å². The van der Waals surface area contributed by atoms with Crippen molar-refractivity contribution in [1.29, 1.82) is 0 Å². The standard InChI is InChI=1S/C23H25N4S/c1-5-26-16(3)17(4)28-23(26)25-24-21-19-14-10-11-15-20(19)27(6-2)22(21)18-12-8-7-9-13-18/h7-15H,5-6H2,1-4H3/q+1. The first-order valence-corrected chi connectivity index (χ1v) is 10.6. The predicted molar refractivity (Wildman–Crippen MR) is 117 cm³/mol. The first kappa shape index (κ1) is 18.6. The average Bonchev–Trinajstić information content (AvgIpc) is 3.20. The minimum Gasteiger partial charge on any atom is -0.339 e. The van der Waals surface area contributed by atoms with Gasteiger partial charge in [0.05, 0.1) is 27.7 Å². The van der Waals surface area contributed by atoms with Gasteiger partial charge in [-0.1, -0.05) is 48.5 Å². The molecule has 0 aliphatic rings. The molecule has 0 saturated heterocycles. The van der Waals surface area contributed by atoms with Crippen LogP contribution in [0.15, 0.2) is 64.8 Å². The second kappa shape index (κ2) is 7.68. The Morgan fingerprint density at radius 1 is 0.929 bits per heavy atom. The smallest absolute Gasteiger partial charge is 0.339 e. The summed E-state index contributed by atoms with van der Waals surface area (Å²) in [6.07, 6.45) is 0. The van der Waals surface area contributed by atoms with E-state index in [1.54, 1.807) is 11.3 Å². The van der Waals surface area contributed by atoms with Gasteiger partial charge in [-0.3, -0.25) is 0 Å². The molecule has 0 atom stereocenters. The summed E-state index contributed by atoms with van der Waals surface area (Å²) in [5.74, 6) is 0. The maximum absolute atomic E-state index is 4.81. The van der Waals surface area contributed by atoms with Crippen LogP contribution < -0.4 is 4.57 Å². The van der Waals surface area contributed by atoms with E-state index in [4.69, 9.17) is 10.2 Å². The molecule has 0 fully saturated rings. The van der Waals surface area contributed by atoms with Crippen LogP contribution in [0.3, 0.4) is 0 Å². The van der Waals surface area contributed by atoms with Crippen molar-refractivity contribution >= 4 is 33.1 Å². The van der Waals surface area contributed by atoms with Crippen LogP contribution in [0.5, 0.6) is 0 Å². The minimum absolute atomic E-state index is 0.881.